The normalized spacial score (nSPS) is 17.9. The second kappa shape index (κ2) is 7.23. The van der Waals surface area contributed by atoms with Gasteiger partial charge in [0.25, 0.3) is 5.91 Å². The van der Waals surface area contributed by atoms with Gasteiger partial charge in [0.1, 0.15) is 17.5 Å². The summed E-state index contributed by atoms with van der Waals surface area (Å²) < 4.78 is 7.93. The van der Waals surface area contributed by atoms with Crippen LogP contribution in [0.4, 0.5) is 11.6 Å². The van der Waals surface area contributed by atoms with Gasteiger partial charge in [0.05, 0.1) is 23.1 Å². The maximum atomic E-state index is 13.3. The van der Waals surface area contributed by atoms with E-state index >= 15 is 0 Å². The number of amides is 2. The zero-order valence-corrected chi connectivity index (χ0v) is 17.2. The highest BCUT2D eigenvalue weighted by molar-refractivity contribution is 6.23. The molecule has 6 rings (SSSR count). The van der Waals surface area contributed by atoms with Crippen LogP contribution >= 0.6 is 0 Å². The van der Waals surface area contributed by atoms with Crippen LogP contribution in [0.1, 0.15) is 6.42 Å². The third-order valence-corrected chi connectivity index (χ3v) is 6.03. The van der Waals surface area contributed by atoms with Crippen molar-refractivity contribution in [3.63, 3.8) is 0 Å². The van der Waals surface area contributed by atoms with E-state index in [9.17, 15) is 9.59 Å². The van der Waals surface area contributed by atoms with Crippen LogP contribution in [-0.2, 0) is 16.1 Å². The summed E-state index contributed by atoms with van der Waals surface area (Å²) >= 11 is 0. The van der Waals surface area contributed by atoms with E-state index in [4.69, 9.17) is 9.72 Å². The fourth-order valence-electron chi connectivity index (χ4n) is 4.52. The molecule has 2 amide bonds. The van der Waals surface area contributed by atoms with E-state index in [1.54, 1.807) is 24.3 Å². The summed E-state index contributed by atoms with van der Waals surface area (Å²) in [6.45, 7) is 1.41. The molecule has 0 radical (unpaired) electrons. The quantitative estimate of drug-likeness (QED) is 0.464. The molecule has 4 aromatic rings. The van der Waals surface area contributed by atoms with Crippen molar-refractivity contribution in [2.75, 3.05) is 16.3 Å². The minimum atomic E-state index is -0.541. The van der Waals surface area contributed by atoms with Gasteiger partial charge in [-0.3, -0.25) is 9.59 Å². The molecule has 7 nitrogen and oxygen atoms in total. The lowest BCUT2D eigenvalue weighted by Gasteiger charge is -2.22. The average Bonchev–Trinajstić information content (AvgIpc) is 3.47. The monoisotopic (exact) mass is 424 g/mol. The summed E-state index contributed by atoms with van der Waals surface area (Å²) in [6.07, 6.45) is 0.143. The molecule has 2 aliphatic heterocycles. The Hall–Kier alpha value is -4.13. The highest BCUT2D eigenvalue weighted by atomic mass is 16.5. The summed E-state index contributed by atoms with van der Waals surface area (Å²) in [6, 6.07) is 23.9. The Morgan fingerprint density at radius 1 is 0.812 bits per heavy atom. The molecule has 32 heavy (non-hydrogen) atoms. The summed E-state index contributed by atoms with van der Waals surface area (Å²) in [7, 11) is 0. The number of anilines is 2. The molecule has 0 bridgehead atoms. The van der Waals surface area contributed by atoms with Crippen molar-refractivity contribution >= 4 is 34.5 Å². The number of nitrogens with zero attached hydrogens (tertiary/aromatic N) is 4. The molecule has 0 saturated carbocycles. The van der Waals surface area contributed by atoms with Crippen LogP contribution in [0.2, 0.25) is 0 Å². The lowest BCUT2D eigenvalue weighted by Crippen LogP contribution is -2.41. The minimum Gasteiger partial charge on any atom is -0.457 e. The molecule has 0 aliphatic carbocycles. The summed E-state index contributed by atoms with van der Waals surface area (Å²) in [5.41, 5.74) is 2.50. The van der Waals surface area contributed by atoms with Gasteiger partial charge in [0, 0.05) is 13.1 Å². The number of rotatable bonds is 4. The van der Waals surface area contributed by atoms with Gasteiger partial charge < -0.3 is 14.2 Å². The maximum Gasteiger partial charge on any atom is 0.257 e. The molecule has 0 N–H and O–H groups in total. The van der Waals surface area contributed by atoms with Gasteiger partial charge in [-0.1, -0.05) is 30.3 Å². The molecule has 1 unspecified atom stereocenters. The first-order valence-corrected chi connectivity index (χ1v) is 10.6. The summed E-state index contributed by atoms with van der Waals surface area (Å²) in [4.78, 5) is 34.1. The topological polar surface area (TPSA) is 67.7 Å². The molecule has 0 spiro atoms. The maximum absolute atomic E-state index is 13.3. The molecule has 1 atom stereocenters. The number of imidazole rings is 1. The number of hydrogen-bond donors (Lipinski definition) is 0. The second-order valence-corrected chi connectivity index (χ2v) is 7.94. The van der Waals surface area contributed by atoms with Gasteiger partial charge in [-0.2, -0.15) is 0 Å². The Bertz CT molecular complexity index is 1330. The number of ether oxygens (including phenoxy) is 1. The Balaban J connectivity index is 1.24. The zero-order valence-electron chi connectivity index (χ0n) is 17.2. The van der Waals surface area contributed by atoms with Crippen LogP contribution in [-0.4, -0.2) is 34.0 Å². The molecule has 2 aliphatic rings. The first kappa shape index (κ1) is 18.6. The second-order valence-electron chi connectivity index (χ2n) is 7.94. The number of benzene rings is 3. The third kappa shape index (κ3) is 2.93. The van der Waals surface area contributed by atoms with E-state index in [0.717, 1.165) is 29.3 Å². The van der Waals surface area contributed by atoms with Crippen LogP contribution in [0.15, 0.2) is 78.9 Å². The van der Waals surface area contributed by atoms with E-state index in [1.165, 1.54) is 4.90 Å². The number of fused-ring (bicyclic) bond motifs is 3. The predicted octanol–water partition coefficient (Wildman–Crippen LogP) is 3.98. The molecule has 1 fully saturated rings. The molecule has 7 heteroatoms. The van der Waals surface area contributed by atoms with E-state index < -0.39 is 6.04 Å². The largest absolute Gasteiger partial charge is 0.457 e. The third-order valence-electron chi connectivity index (χ3n) is 6.03. The summed E-state index contributed by atoms with van der Waals surface area (Å²) in [5, 5.41) is 0. The van der Waals surface area contributed by atoms with Gasteiger partial charge >= 0.3 is 0 Å². The average molecular weight is 424 g/mol. The molecule has 3 aromatic carbocycles. The first-order chi connectivity index (χ1) is 15.7. The van der Waals surface area contributed by atoms with Crippen molar-refractivity contribution in [1.29, 1.82) is 0 Å². The first-order valence-electron chi connectivity index (χ1n) is 10.6. The minimum absolute atomic E-state index is 0.143. The van der Waals surface area contributed by atoms with Gasteiger partial charge in [-0.25, -0.2) is 9.88 Å². The van der Waals surface area contributed by atoms with Crippen molar-refractivity contribution in [3.05, 3.63) is 78.9 Å². The number of imide groups is 1. The van der Waals surface area contributed by atoms with Gasteiger partial charge in [0.15, 0.2) is 0 Å². The van der Waals surface area contributed by atoms with Crippen molar-refractivity contribution in [3.8, 4) is 11.5 Å². The van der Waals surface area contributed by atoms with Gasteiger partial charge in [-0.15, -0.1) is 0 Å². The lowest BCUT2D eigenvalue weighted by molar-refractivity contribution is -0.121. The lowest BCUT2D eigenvalue weighted by atomic mass is 10.2. The summed E-state index contributed by atoms with van der Waals surface area (Å²) in [5.74, 6) is 1.71. The molecular formula is C25H20N4O3. The van der Waals surface area contributed by atoms with Crippen LogP contribution in [0.3, 0.4) is 0 Å². The van der Waals surface area contributed by atoms with Gasteiger partial charge in [-0.05, 0) is 48.5 Å². The smallest absolute Gasteiger partial charge is 0.257 e. The van der Waals surface area contributed by atoms with E-state index in [1.807, 2.05) is 59.5 Å². The zero-order chi connectivity index (χ0) is 21.7. The predicted molar refractivity (Wildman–Crippen MR) is 121 cm³/mol. The van der Waals surface area contributed by atoms with Crippen molar-refractivity contribution < 1.29 is 14.3 Å². The Labute approximate surface area is 184 Å². The van der Waals surface area contributed by atoms with Crippen molar-refractivity contribution in [1.82, 2.24) is 9.55 Å². The van der Waals surface area contributed by atoms with Crippen molar-refractivity contribution in [2.24, 2.45) is 0 Å². The number of para-hydroxylation sites is 3. The Morgan fingerprint density at radius 2 is 1.53 bits per heavy atom. The fourth-order valence-corrected chi connectivity index (χ4v) is 4.52. The molecule has 1 saturated heterocycles. The van der Waals surface area contributed by atoms with E-state index in [-0.39, 0.29) is 18.2 Å². The molecule has 158 valence electrons. The van der Waals surface area contributed by atoms with Gasteiger partial charge in [0.2, 0.25) is 11.9 Å². The highest BCUT2D eigenvalue weighted by Crippen LogP contribution is 2.34. The number of aromatic nitrogens is 2. The number of carbonyl (C=O) groups is 2. The van der Waals surface area contributed by atoms with Crippen LogP contribution in [0.5, 0.6) is 11.5 Å². The molecular weight excluding hydrogens is 404 g/mol. The number of hydrogen-bond acceptors (Lipinski definition) is 5. The Morgan fingerprint density at radius 3 is 2.34 bits per heavy atom. The van der Waals surface area contributed by atoms with Crippen LogP contribution in [0, 0.1) is 0 Å². The van der Waals surface area contributed by atoms with E-state index in [2.05, 4.69) is 4.57 Å². The van der Waals surface area contributed by atoms with Crippen LogP contribution < -0.4 is 14.5 Å². The standard InChI is InChI=1S/C25H20N4O3/c30-23-16-22(28-15-14-27-21-9-5-4-8-20(21)26-25(27)28)24(31)29(23)17-10-12-19(13-11-17)32-18-6-2-1-3-7-18/h1-13,22H,14-16H2. The highest BCUT2D eigenvalue weighted by Gasteiger charge is 2.45. The van der Waals surface area contributed by atoms with Crippen molar-refractivity contribution in [2.45, 2.75) is 19.0 Å². The van der Waals surface area contributed by atoms with Crippen LogP contribution in [0.25, 0.3) is 11.0 Å². The fraction of sp³-hybridized carbons (Fsp3) is 0.160. The Kier molecular flexibility index (Phi) is 4.21. The SMILES string of the molecule is O=C1CC(N2CCn3c2nc2ccccc23)C(=O)N1c1ccc(Oc2ccccc2)cc1. The molecule has 3 heterocycles. The molecule has 1 aromatic heterocycles. The number of carbonyl (C=O) groups excluding carboxylic acids is 2. The van der Waals surface area contributed by atoms with E-state index in [0.29, 0.717) is 18.0 Å².